The van der Waals surface area contributed by atoms with Gasteiger partial charge in [-0.15, -0.1) is 0 Å². The molecule has 0 saturated heterocycles. The van der Waals surface area contributed by atoms with E-state index in [0.29, 0.717) is 36.7 Å². The molecule has 0 saturated carbocycles. The quantitative estimate of drug-likeness (QED) is 0.409. The topological polar surface area (TPSA) is 104 Å². The standard InChI is InChI=1S/C19H29FN6O2/c1-13(2)10-16(12-27)23-19-25-17(21-8-5-9-28-3)24-18(26-19)22-15-7-4-6-14(20)11-15/h4,6-7,11,13,16,27H,5,8-10,12H2,1-3H3,(H3,21,22,23,24,25,26)/t16-/m1/s1. The fraction of sp³-hybridized carbons (Fsp3) is 0.526. The monoisotopic (exact) mass is 392 g/mol. The summed E-state index contributed by atoms with van der Waals surface area (Å²) in [6, 6.07) is 5.88. The van der Waals surface area contributed by atoms with Crippen molar-refractivity contribution in [1.82, 2.24) is 15.0 Å². The number of halogens is 1. The van der Waals surface area contributed by atoms with Crippen molar-refractivity contribution in [2.75, 3.05) is 42.8 Å². The Balaban J connectivity index is 2.19. The van der Waals surface area contributed by atoms with E-state index in [0.717, 1.165) is 12.8 Å². The number of nitrogens with zero attached hydrogens (tertiary/aromatic N) is 3. The Hall–Kier alpha value is -2.52. The zero-order valence-electron chi connectivity index (χ0n) is 16.6. The van der Waals surface area contributed by atoms with Crippen LogP contribution in [0.4, 0.5) is 27.9 Å². The summed E-state index contributed by atoms with van der Waals surface area (Å²) in [6.07, 6.45) is 1.57. The lowest BCUT2D eigenvalue weighted by molar-refractivity contribution is 0.197. The first kappa shape index (κ1) is 21.8. The number of hydrogen-bond acceptors (Lipinski definition) is 8. The van der Waals surface area contributed by atoms with Gasteiger partial charge in [-0.25, -0.2) is 4.39 Å². The van der Waals surface area contributed by atoms with Gasteiger partial charge >= 0.3 is 0 Å². The maximum absolute atomic E-state index is 13.4. The van der Waals surface area contributed by atoms with Crippen molar-refractivity contribution >= 4 is 23.5 Å². The van der Waals surface area contributed by atoms with E-state index < -0.39 is 0 Å². The lowest BCUT2D eigenvalue weighted by atomic mass is 10.0. The van der Waals surface area contributed by atoms with E-state index in [1.807, 2.05) is 0 Å². The molecule has 2 aromatic rings. The van der Waals surface area contributed by atoms with E-state index in [4.69, 9.17) is 4.74 Å². The van der Waals surface area contributed by atoms with Crippen molar-refractivity contribution in [2.24, 2.45) is 5.92 Å². The van der Waals surface area contributed by atoms with Crippen LogP contribution >= 0.6 is 0 Å². The minimum atomic E-state index is -0.354. The van der Waals surface area contributed by atoms with Crippen molar-refractivity contribution in [1.29, 1.82) is 0 Å². The average Bonchev–Trinajstić information content (AvgIpc) is 2.64. The van der Waals surface area contributed by atoms with E-state index in [9.17, 15) is 9.50 Å². The zero-order valence-corrected chi connectivity index (χ0v) is 16.6. The van der Waals surface area contributed by atoms with E-state index in [2.05, 4.69) is 44.7 Å². The van der Waals surface area contributed by atoms with Crippen LogP contribution in [0.5, 0.6) is 0 Å². The number of ether oxygens (including phenoxy) is 1. The van der Waals surface area contributed by atoms with Crippen LogP contribution < -0.4 is 16.0 Å². The first-order chi connectivity index (χ1) is 13.5. The average molecular weight is 392 g/mol. The summed E-state index contributed by atoms with van der Waals surface area (Å²) in [5, 5.41) is 18.9. The number of aliphatic hydroxyl groups is 1. The Labute approximate surface area is 165 Å². The molecule has 9 heteroatoms. The zero-order chi connectivity index (χ0) is 20.4. The molecule has 154 valence electrons. The molecule has 0 fully saturated rings. The number of nitrogens with one attached hydrogen (secondary N) is 3. The molecule has 1 aromatic carbocycles. The number of rotatable bonds is 12. The molecule has 0 aliphatic rings. The number of aliphatic hydroxyl groups excluding tert-OH is 1. The number of methoxy groups -OCH3 is 1. The summed E-state index contributed by atoms with van der Waals surface area (Å²) < 4.78 is 18.5. The molecule has 1 heterocycles. The van der Waals surface area contributed by atoms with Crippen LogP contribution in [-0.4, -0.2) is 53.0 Å². The largest absolute Gasteiger partial charge is 0.394 e. The summed E-state index contributed by atoms with van der Waals surface area (Å²) in [5.41, 5.74) is 0.531. The smallest absolute Gasteiger partial charge is 0.233 e. The van der Waals surface area contributed by atoms with E-state index in [-0.39, 0.29) is 24.4 Å². The maximum Gasteiger partial charge on any atom is 0.233 e. The molecule has 2 rings (SSSR count). The minimum absolute atomic E-state index is 0.0346. The first-order valence-corrected chi connectivity index (χ1v) is 9.39. The second-order valence-electron chi connectivity index (χ2n) is 6.87. The lowest BCUT2D eigenvalue weighted by Crippen LogP contribution is -2.27. The van der Waals surface area contributed by atoms with Gasteiger partial charge < -0.3 is 25.8 Å². The molecule has 0 aliphatic heterocycles. The van der Waals surface area contributed by atoms with Crippen LogP contribution in [0.25, 0.3) is 0 Å². The predicted octanol–water partition coefficient (Wildman–Crippen LogP) is 3.02. The molecular formula is C19H29FN6O2. The van der Waals surface area contributed by atoms with Crippen molar-refractivity contribution in [3.8, 4) is 0 Å². The number of aromatic nitrogens is 3. The molecule has 0 unspecified atom stereocenters. The molecule has 0 spiro atoms. The SMILES string of the molecule is COCCCNc1nc(Nc2cccc(F)c2)nc(N[C@@H](CO)CC(C)C)n1. The molecular weight excluding hydrogens is 363 g/mol. The van der Waals surface area contributed by atoms with Crippen LogP contribution in [-0.2, 0) is 4.74 Å². The predicted molar refractivity (Wildman–Crippen MR) is 108 cm³/mol. The highest BCUT2D eigenvalue weighted by Crippen LogP contribution is 2.18. The van der Waals surface area contributed by atoms with Gasteiger partial charge in [0.1, 0.15) is 5.82 Å². The van der Waals surface area contributed by atoms with Crippen molar-refractivity contribution in [3.63, 3.8) is 0 Å². The van der Waals surface area contributed by atoms with Crippen molar-refractivity contribution in [2.45, 2.75) is 32.7 Å². The van der Waals surface area contributed by atoms with E-state index in [1.54, 1.807) is 19.2 Å². The third-order valence-electron chi connectivity index (χ3n) is 3.83. The third kappa shape index (κ3) is 7.61. The molecule has 28 heavy (non-hydrogen) atoms. The summed E-state index contributed by atoms with van der Waals surface area (Å²) in [7, 11) is 1.65. The summed E-state index contributed by atoms with van der Waals surface area (Å²) >= 11 is 0. The molecule has 1 aromatic heterocycles. The van der Waals surface area contributed by atoms with Gasteiger partial charge in [-0.2, -0.15) is 15.0 Å². The Morgan fingerprint density at radius 2 is 1.89 bits per heavy atom. The first-order valence-electron chi connectivity index (χ1n) is 9.39. The van der Waals surface area contributed by atoms with Crippen LogP contribution in [0, 0.1) is 11.7 Å². The Morgan fingerprint density at radius 3 is 2.57 bits per heavy atom. The van der Waals surface area contributed by atoms with Crippen LogP contribution in [0.15, 0.2) is 24.3 Å². The van der Waals surface area contributed by atoms with Crippen molar-refractivity contribution < 1.29 is 14.2 Å². The Morgan fingerprint density at radius 1 is 1.14 bits per heavy atom. The van der Waals surface area contributed by atoms with Gasteiger partial charge in [0.25, 0.3) is 0 Å². The van der Waals surface area contributed by atoms with Gasteiger partial charge in [-0.1, -0.05) is 19.9 Å². The molecule has 4 N–H and O–H groups in total. The maximum atomic E-state index is 13.4. The summed E-state index contributed by atoms with van der Waals surface area (Å²) in [4.78, 5) is 13.1. The molecule has 1 atom stereocenters. The molecule has 0 bridgehead atoms. The third-order valence-corrected chi connectivity index (χ3v) is 3.83. The molecule has 0 radical (unpaired) electrons. The summed E-state index contributed by atoms with van der Waals surface area (Å²) in [5.74, 6) is 1.05. The fourth-order valence-corrected chi connectivity index (χ4v) is 2.62. The fourth-order valence-electron chi connectivity index (χ4n) is 2.62. The molecule has 0 amide bonds. The second kappa shape index (κ2) is 11.4. The van der Waals surface area contributed by atoms with Gasteiger partial charge in [0.2, 0.25) is 17.8 Å². The normalized spacial score (nSPS) is 12.1. The van der Waals surface area contributed by atoms with Gasteiger partial charge in [-0.05, 0) is 37.0 Å². The Bertz CT molecular complexity index is 731. The minimum Gasteiger partial charge on any atom is -0.394 e. The highest BCUT2D eigenvalue weighted by Gasteiger charge is 2.14. The lowest BCUT2D eigenvalue weighted by Gasteiger charge is -2.19. The van der Waals surface area contributed by atoms with Crippen molar-refractivity contribution in [3.05, 3.63) is 30.1 Å². The van der Waals surface area contributed by atoms with E-state index >= 15 is 0 Å². The molecule has 0 aliphatic carbocycles. The number of benzene rings is 1. The van der Waals surface area contributed by atoms with Gasteiger partial charge in [-0.3, -0.25) is 0 Å². The van der Waals surface area contributed by atoms with Crippen LogP contribution in [0.1, 0.15) is 26.7 Å². The summed E-state index contributed by atoms with van der Waals surface area (Å²) in [6.45, 7) is 5.38. The second-order valence-corrected chi connectivity index (χ2v) is 6.87. The highest BCUT2D eigenvalue weighted by atomic mass is 19.1. The molecule has 8 nitrogen and oxygen atoms in total. The number of anilines is 4. The van der Waals surface area contributed by atoms with Crippen LogP contribution in [0.2, 0.25) is 0 Å². The van der Waals surface area contributed by atoms with Gasteiger partial charge in [0, 0.05) is 25.9 Å². The van der Waals surface area contributed by atoms with E-state index in [1.165, 1.54) is 12.1 Å². The van der Waals surface area contributed by atoms with Gasteiger partial charge in [0.05, 0.1) is 12.6 Å². The van der Waals surface area contributed by atoms with Gasteiger partial charge in [0.15, 0.2) is 0 Å². The highest BCUT2D eigenvalue weighted by molar-refractivity contribution is 5.55. The number of hydrogen-bond donors (Lipinski definition) is 4. The van der Waals surface area contributed by atoms with Crippen LogP contribution in [0.3, 0.4) is 0 Å². The Kier molecular flexibility index (Phi) is 8.83.